The summed E-state index contributed by atoms with van der Waals surface area (Å²) in [5, 5.41) is 15.8. The fourth-order valence-corrected chi connectivity index (χ4v) is 2.91. The third kappa shape index (κ3) is 7.04. The van der Waals surface area contributed by atoms with Crippen LogP contribution in [-0.4, -0.2) is 42.4 Å². The van der Waals surface area contributed by atoms with E-state index in [1.54, 1.807) is 0 Å². The van der Waals surface area contributed by atoms with Gasteiger partial charge < -0.3 is 15.4 Å². The topological polar surface area (TPSA) is 128 Å². The molecule has 0 heterocycles. The Bertz CT molecular complexity index is 700. The molecule has 1 aromatic carbocycles. The first-order chi connectivity index (χ1) is 13.0. The van der Waals surface area contributed by atoms with E-state index < -0.39 is 30.0 Å². The molecule has 1 aliphatic carbocycles. The van der Waals surface area contributed by atoms with Crippen LogP contribution in [0.4, 0.5) is 5.69 Å². The van der Waals surface area contributed by atoms with Crippen molar-refractivity contribution >= 4 is 23.5 Å². The van der Waals surface area contributed by atoms with Crippen molar-refractivity contribution in [1.82, 2.24) is 10.6 Å². The second kappa shape index (κ2) is 10.2. The molecule has 2 N–H and O–H groups in total. The van der Waals surface area contributed by atoms with E-state index in [0.29, 0.717) is 12.5 Å². The molecule has 1 saturated carbocycles. The lowest BCUT2D eigenvalue weighted by Gasteiger charge is -2.21. The molecule has 146 valence electrons. The van der Waals surface area contributed by atoms with Crippen LogP contribution in [0.3, 0.4) is 0 Å². The SMILES string of the molecule is O=C(COC(=O)CNC(=O)c1cccc([N+](=O)[O-])c1)NCC1CCCCC1. The minimum Gasteiger partial charge on any atom is -0.454 e. The average Bonchev–Trinajstić information content (AvgIpc) is 2.69. The molecular formula is C18H23N3O6. The van der Waals surface area contributed by atoms with Gasteiger partial charge in [0, 0.05) is 24.2 Å². The minimum atomic E-state index is -0.762. The Morgan fingerprint density at radius 1 is 1.15 bits per heavy atom. The number of carbonyl (C=O) groups is 3. The molecule has 0 unspecified atom stereocenters. The van der Waals surface area contributed by atoms with E-state index in [1.807, 2.05) is 0 Å². The molecule has 0 bridgehead atoms. The number of ether oxygens (including phenoxy) is 1. The third-order valence-corrected chi connectivity index (χ3v) is 4.39. The number of carbonyl (C=O) groups excluding carboxylic acids is 3. The Morgan fingerprint density at radius 2 is 1.89 bits per heavy atom. The van der Waals surface area contributed by atoms with Crippen molar-refractivity contribution in [2.24, 2.45) is 5.92 Å². The molecular weight excluding hydrogens is 354 g/mol. The maximum Gasteiger partial charge on any atom is 0.325 e. The number of hydrogen-bond acceptors (Lipinski definition) is 6. The zero-order valence-corrected chi connectivity index (χ0v) is 14.9. The van der Waals surface area contributed by atoms with Crippen molar-refractivity contribution in [3.8, 4) is 0 Å². The Labute approximate surface area is 156 Å². The molecule has 9 nitrogen and oxygen atoms in total. The molecule has 27 heavy (non-hydrogen) atoms. The van der Waals surface area contributed by atoms with Gasteiger partial charge in [0.2, 0.25) is 0 Å². The summed E-state index contributed by atoms with van der Waals surface area (Å²) in [6.45, 7) is -0.254. The van der Waals surface area contributed by atoms with Gasteiger partial charge in [0.15, 0.2) is 6.61 Å². The van der Waals surface area contributed by atoms with Crippen molar-refractivity contribution < 1.29 is 24.0 Å². The van der Waals surface area contributed by atoms with Gasteiger partial charge in [0.05, 0.1) is 4.92 Å². The lowest BCUT2D eigenvalue weighted by molar-refractivity contribution is -0.384. The van der Waals surface area contributed by atoms with Crippen LogP contribution < -0.4 is 10.6 Å². The maximum atomic E-state index is 11.9. The highest BCUT2D eigenvalue weighted by atomic mass is 16.6. The summed E-state index contributed by atoms with van der Waals surface area (Å²) in [4.78, 5) is 45.4. The molecule has 0 radical (unpaired) electrons. The number of nitro benzene ring substituents is 1. The lowest BCUT2D eigenvalue weighted by atomic mass is 9.89. The number of amides is 2. The second-order valence-corrected chi connectivity index (χ2v) is 6.46. The van der Waals surface area contributed by atoms with Crippen LogP contribution in [0.2, 0.25) is 0 Å². The third-order valence-electron chi connectivity index (χ3n) is 4.39. The van der Waals surface area contributed by atoms with Gasteiger partial charge in [-0.25, -0.2) is 0 Å². The molecule has 0 aliphatic heterocycles. The van der Waals surface area contributed by atoms with E-state index in [1.165, 1.54) is 37.5 Å². The molecule has 1 fully saturated rings. The number of benzene rings is 1. The zero-order chi connectivity index (χ0) is 19.6. The zero-order valence-electron chi connectivity index (χ0n) is 14.9. The van der Waals surface area contributed by atoms with Crippen molar-refractivity contribution in [2.75, 3.05) is 19.7 Å². The van der Waals surface area contributed by atoms with Crippen LogP contribution in [0, 0.1) is 16.0 Å². The molecule has 9 heteroatoms. The largest absolute Gasteiger partial charge is 0.454 e. The number of rotatable bonds is 8. The van der Waals surface area contributed by atoms with E-state index in [4.69, 9.17) is 4.74 Å². The number of nitro groups is 1. The smallest absolute Gasteiger partial charge is 0.325 e. The van der Waals surface area contributed by atoms with Gasteiger partial charge in [-0.05, 0) is 24.8 Å². The van der Waals surface area contributed by atoms with Crippen molar-refractivity contribution in [1.29, 1.82) is 0 Å². The standard InChI is InChI=1S/C18H23N3O6/c22-16(19-10-13-5-2-1-3-6-13)12-27-17(23)11-20-18(24)14-7-4-8-15(9-14)21(25)26/h4,7-9,13H,1-3,5-6,10-12H2,(H,19,22)(H,20,24). The predicted octanol–water partition coefficient (Wildman–Crippen LogP) is 1.56. The molecule has 0 saturated heterocycles. The highest BCUT2D eigenvalue weighted by molar-refractivity contribution is 5.96. The fourth-order valence-electron chi connectivity index (χ4n) is 2.91. The maximum absolute atomic E-state index is 11.9. The van der Waals surface area contributed by atoms with E-state index in [-0.39, 0.29) is 17.2 Å². The Hall–Kier alpha value is -2.97. The molecule has 2 rings (SSSR count). The minimum absolute atomic E-state index is 0.0576. The summed E-state index contributed by atoms with van der Waals surface area (Å²) in [7, 11) is 0. The van der Waals surface area contributed by atoms with E-state index in [2.05, 4.69) is 10.6 Å². The van der Waals surface area contributed by atoms with Crippen LogP contribution >= 0.6 is 0 Å². The number of nitrogens with one attached hydrogen (secondary N) is 2. The van der Waals surface area contributed by atoms with Gasteiger partial charge in [-0.2, -0.15) is 0 Å². The van der Waals surface area contributed by atoms with E-state index >= 15 is 0 Å². The van der Waals surface area contributed by atoms with Gasteiger partial charge in [-0.3, -0.25) is 24.5 Å². The van der Waals surface area contributed by atoms with Gasteiger partial charge in [0.1, 0.15) is 6.54 Å². The Kier molecular flexibility index (Phi) is 7.72. The van der Waals surface area contributed by atoms with Gasteiger partial charge >= 0.3 is 5.97 Å². The van der Waals surface area contributed by atoms with Crippen LogP contribution in [0.25, 0.3) is 0 Å². The highest BCUT2D eigenvalue weighted by Gasteiger charge is 2.16. The monoisotopic (exact) mass is 377 g/mol. The van der Waals surface area contributed by atoms with E-state index in [0.717, 1.165) is 18.9 Å². The summed E-state index contributed by atoms with van der Waals surface area (Å²) in [5.41, 5.74) is -0.165. The molecule has 2 amide bonds. The van der Waals surface area contributed by atoms with Crippen molar-refractivity contribution in [3.05, 3.63) is 39.9 Å². The van der Waals surface area contributed by atoms with E-state index in [9.17, 15) is 24.5 Å². The summed E-state index contributed by atoms with van der Waals surface area (Å²) in [6.07, 6.45) is 5.80. The first-order valence-electron chi connectivity index (χ1n) is 8.90. The summed E-state index contributed by atoms with van der Waals surface area (Å²) in [6, 6.07) is 5.14. The summed E-state index contributed by atoms with van der Waals surface area (Å²) in [5.74, 6) is -1.30. The molecule has 1 aromatic rings. The fraction of sp³-hybridized carbons (Fsp3) is 0.500. The van der Waals surface area contributed by atoms with Gasteiger partial charge in [0.25, 0.3) is 17.5 Å². The van der Waals surface area contributed by atoms with Crippen LogP contribution in [0.1, 0.15) is 42.5 Å². The van der Waals surface area contributed by atoms with Gasteiger partial charge in [-0.15, -0.1) is 0 Å². The van der Waals surface area contributed by atoms with Crippen molar-refractivity contribution in [2.45, 2.75) is 32.1 Å². The first-order valence-corrected chi connectivity index (χ1v) is 8.90. The molecule has 1 aliphatic rings. The Morgan fingerprint density at radius 3 is 2.59 bits per heavy atom. The lowest BCUT2D eigenvalue weighted by Crippen LogP contribution is -2.36. The second-order valence-electron chi connectivity index (χ2n) is 6.46. The molecule has 0 spiro atoms. The van der Waals surface area contributed by atoms with Crippen LogP contribution in [0.15, 0.2) is 24.3 Å². The number of hydrogen-bond donors (Lipinski definition) is 2. The summed E-state index contributed by atoms with van der Waals surface area (Å²) >= 11 is 0. The Balaban J connectivity index is 1.66. The quantitative estimate of drug-likeness (QED) is 0.402. The normalized spacial score (nSPS) is 14.2. The van der Waals surface area contributed by atoms with Crippen LogP contribution in [-0.2, 0) is 14.3 Å². The highest BCUT2D eigenvalue weighted by Crippen LogP contribution is 2.22. The molecule has 0 atom stereocenters. The van der Waals surface area contributed by atoms with Gasteiger partial charge in [-0.1, -0.05) is 25.3 Å². The number of non-ortho nitro benzene ring substituents is 1. The predicted molar refractivity (Wildman–Crippen MR) is 96.0 cm³/mol. The first kappa shape index (κ1) is 20.3. The van der Waals surface area contributed by atoms with Crippen LogP contribution in [0.5, 0.6) is 0 Å². The summed E-state index contributed by atoms with van der Waals surface area (Å²) < 4.78 is 4.82. The average molecular weight is 377 g/mol. The number of nitrogens with zero attached hydrogens (tertiary/aromatic N) is 1. The van der Waals surface area contributed by atoms with Crippen molar-refractivity contribution in [3.63, 3.8) is 0 Å². The number of esters is 1. The molecule has 0 aromatic heterocycles.